The number of hydrogen-bond acceptors (Lipinski definition) is 4. The summed E-state index contributed by atoms with van der Waals surface area (Å²) < 4.78 is 9.94. The quantitative estimate of drug-likeness (QED) is 0.708. The van der Waals surface area contributed by atoms with Crippen LogP contribution in [0.4, 0.5) is 0 Å². The first-order valence-corrected chi connectivity index (χ1v) is 5.34. The second-order valence-electron chi connectivity index (χ2n) is 3.51. The van der Waals surface area contributed by atoms with Crippen LogP contribution in [0.2, 0.25) is 0 Å². The molecule has 0 spiro atoms. The SMILES string of the molecule is COC(CNC(=O)c1ccc(CN)cc1)OC. The maximum absolute atomic E-state index is 11.7. The van der Waals surface area contributed by atoms with Gasteiger partial charge < -0.3 is 20.5 Å². The van der Waals surface area contributed by atoms with Crippen molar-refractivity contribution in [3.05, 3.63) is 35.4 Å². The van der Waals surface area contributed by atoms with Crippen LogP contribution in [-0.2, 0) is 16.0 Å². The fourth-order valence-electron chi connectivity index (χ4n) is 1.33. The van der Waals surface area contributed by atoms with E-state index in [0.29, 0.717) is 18.7 Å². The zero-order chi connectivity index (χ0) is 12.7. The van der Waals surface area contributed by atoms with Gasteiger partial charge in [0, 0.05) is 26.3 Å². The van der Waals surface area contributed by atoms with Gasteiger partial charge in [-0.15, -0.1) is 0 Å². The van der Waals surface area contributed by atoms with Crippen molar-refractivity contribution < 1.29 is 14.3 Å². The number of rotatable bonds is 6. The highest BCUT2D eigenvalue weighted by Crippen LogP contribution is 2.03. The maximum atomic E-state index is 11.7. The van der Waals surface area contributed by atoms with Gasteiger partial charge in [-0.3, -0.25) is 4.79 Å². The summed E-state index contributed by atoms with van der Waals surface area (Å²) in [6.07, 6.45) is -0.428. The third kappa shape index (κ3) is 4.14. The van der Waals surface area contributed by atoms with Crippen LogP contribution in [0.15, 0.2) is 24.3 Å². The van der Waals surface area contributed by atoms with E-state index in [0.717, 1.165) is 5.56 Å². The summed E-state index contributed by atoms with van der Waals surface area (Å²) in [5, 5.41) is 2.72. The van der Waals surface area contributed by atoms with Crippen LogP contribution < -0.4 is 11.1 Å². The number of benzene rings is 1. The summed E-state index contributed by atoms with van der Waals surface area (Å²) in [7, 11) is 3.05. The van der Waals surface area contributed by atoms with Crippen LogP contribution in [0.5, 0.6) is 0 Å². The monoisotopic (exact) mass is 238 g/mol. The summed E-state index contributed by atoms with van der Waals surface area (Å²) in [5.74, 6) is -0.160. The molecule has 94 valence electrons. The van der Waals surface area contributed by atoms with Crippen LogP contribution >= 0.6 is 0 Å². The molecule has 1 aromatic carbocycles. The molecule has 0 aliphatic rings. The summed E-state index contributed by atoms with van der Waals surface area (Å²) in [5.41, 5.74) is 7.06. The molecule has 0 aliphatic heterocycles. The summed E-state index contributed by atoms with van der Waals surface area (Å²) in [6, 6.07) is 7.15. The number of carbonyl (C=O) groups excluding carboxylic acids is 1. The highest BCUT2D eigenvalue weighted by molar-refractivity contribution is 5.94. The number of methoxy groups -OCH3 is 2. The molecule has 0 saturated heterocycles. The number of hydrogen-bond donors (Lipinski definition) is 2. The molecule has 0 aromatic heterocycles. The van der Waals surface area contributed by atoms with Gasteiger partial charge in [0.1, 0.15) is 0 Å². The van der Waals surface area contributed by atoms with Gasteiger partial charge in [-0.05, 0) is 17.7 Å². The van der Waals surface area contributed by atoms with E-state index in [1.807, 2.05) is 12.1 Å². The molecule has 1 aromatic rings. The fraction of sp³-hybridized carbons (Fsp3) is 0.417. The Balaban J connectivity index is 2.51. The largest absolute Gasteiger partial charge is 0.354 e. The van der Waals surface area contributed by atoms with E-state index < -0.39 is 6.29 Å². The molecule has 0 aliphatic carbocycles. The van der Waals surface area contributed by atoms with E-state index in [4.69, 9.17) is 15.2 Å². The minimum absolute atomic E-state index is 0.160. The van der Waals surface area contributed by atoms with Crippen molar-refractivity contribution in [1.29, 1.82) is 0 Å². The molecule has 0 atom stereocenters. The molecule has 0 radical (unpaired) electrons. The molecular weight excluding hydrogens is 220 g/mol. The lowest BCUT2D eigenvalue weighted by atomic mass is 10.1. The smallest absolute Gasteiger partial charge is 0.251 e. The van der Waals surface area contributed by atoms with Gasteiger partial charge in [-0.25, -0.2) is 0 Å². The number of nitrogens with one attached hydrogen (secondary N) is 1. The highest BCUT2D eigenvalue weighted by atomic mass is 16.7. The van der Waals surface area contributed by atoms with Gasteiger partial charge >= 0.3 is 0 Å². The number of amides is 1. The molecule has 5 nitrogen and oxygen atoms in total. The highest BCUT2D eigenvalue weighted by Gasteiger charge is 2.09. The molecule has 3 N–H and O–H groups in total. The first-order valence-electron chi connectivity index (χ1n) is 5.34. The maximum Gasteiger partial charge on any atom is 0.251 e. The zero-order valence-corrected chi connectivity index (χ0v) is 10.1. The standard InChI is InChI=1S/C12H18N2O3/c1-16-11(17-2)8-14-12(15)10-5-3-9(7-13)4-6-10/h3-6,11H,7-8,13H2,1-2H3,(H,14,15). The second-order valence-corrected chi connectivity index (χ2v) is 3.51. The van der Waals surface area contributed by atoms with Gasteiger partial charge in [0.05, 0.1) is 6.54 Å². The predicted octanol–water partition coefficient (Wildman–Crippen LogP) is 0.494. The van der Waals surface area contributed by atoms with Gasteiger partial charge in [0.25, 0.3) is 5.91 Å². The van der Waals surface area contributed by atoms with Gasteiger partial charge in [-0.1, -0.05) is 12.1 Å². The molecule has 0 unspecified atom stereocenters. The van der Waals surface area contributed by atoms with E-state index in [-0.39, 0.29) is 5.91 Å². The minimum Gasteiger partial charge on any atom is -0.354 e. The molecule has 0 fully saturated rings. The van der Waals surface area contributed by atoms with E-state index in [2.05, 4.69) is 5.32 Å². The van der Waals surface area contributed by atoms with Crippen molar-refractivity contribution in [3.63, 3.8) is 0 Å². The van der Waals surface area contributed by atoms with Crippen molar-refractivity contribution >= 4 is 5.91 Å². The van der Waals surface area contributed by atoms with Crippen LogP contribution in [0.3, 0.4) is 0 Å². The number of carbonyl (C=O) groups is 1. The molecule has 0 saturated carbocycles. The molecule has 1 rings (SSSR count). The Morgan fingerprint density at radius 1 is 1.29 bits per heavy atom. The first-order chi connectivity index (χ1) is 8.21. The van der Waals surface area contributed by atoms with Crippen LogP contribution in [0.25, 0.3) is 0 Å². The number of nitrogens with two attached hydrogens (primary N) is 1. The topological polar surface area (TPSA) is 73.6 Å². The molecule has 0 heterocycles. The predicted molar refractivity (Wildman–Crippen MR) is 64.5 cm³/mol. The van der Waals surface area contributed by atoms with Gasteiger partial charge in [0.2, 0.25) is 0 Å². The minimum atomic E-state index is -0.428. The normalized spacial score (nSPS) is 10.6. The average molecular weight is 238 g/mol. The van der Waals surface area contributed by atoms with Gasteiger partial charge in [-0.2, -0.15) is 0 Å². The lowest BCUT2D eigenvalue weighted by molar-refractivity contribution is -0.0974. The third-order valence-electron chi connectivity index (χ3n) is 2.41. The second kappa shape index (κ2) is 7.01. The zero-order valence-electron chi connectivity index (χ0n) is 10.1. The van der Waals surface area contributed by atoms with Crippen LogP contribution in [0.1, 0.15) is 15.9 Å². The summed E-state index contributed by atoms with van der Waals surface area (Å²) in [4.78, 5) is 11.7. The molecule has 1 amide bonds. The van der Waals surface area contributed by atoms with Crippen molar-refractivity contribution in [1.82, 2.24) is 5.32 Å². The van der Waals surface area contributed by atoms with E-state index >= 15 is 0 Å². The molecule has 0 bridgehead atoms. The van der Waals surface area contributed by atoms with Crippen LogP contribution in [-0.4, -0.2) is 33.0 Å². The lowest BCUT2D eigenvalue weighted by Gasteiger charge is -2.14. The first kappa shape index (κ1) is 13.6. The number of ether oxygens (including phenoxy) is 2. The van der Waals surface area contributed by atoms with Crippen LogP contribution in [0, 0.1) is 0 Å². The van der Waals surface area contributed by atoms with E-state index in [1.54, 1.807) is 12.1 Å². The fourth-order valence-corrected chi connectivity index (χ4v) is 1.33. The molecular formula is C12H18N2O3. The Hall–Kier alpha value is -1.43. The van der Waals surface area contributed by atoms with Crippen molar-refractivity contribution in [3.8, 4) is 0 Å². The third-order valence-corrected chi connectivity index (χ3v) is 2.41. The van der Waals surface area contributed by atoms with Crippen molar-refractivity contribution in [2.24, 2.45) is 5.73 Å². The van der Waals surface area contributed by atoms with E-state index in [9.17, 15) is 4.79 Å². The Morgan fingerprint density at radius 3 is 2.35 bits per heavy atom. The Labute approximate surface area is 101 Å². The van der Waals surface area contributed by atoms with Crippen molar-refractivity contribution in [2.75, 3.05) is 20.8 Å². The molecule has 5 heteroatoms. The Bertz CT molecular complexity index is 347. The Morgan fingerprint density at radius 2 is 1.88 bits per heavy atom. The van der Waals surface area contributed by atoms with E-state index in [1.165, 1.54) is 14.2 Å². The summed E-state index contributed by atoms with van der Waals surface area (Å²) >= 11 is 0. The molecule has 17 heavy (non-hydrogen) atoms. The van der Waals surface area contributed by atoms with Gasteiger partial charge in [0.15, 0.2) is 6.29 Å². The lowest BCUT2D eigenvalue weighted by Crippen LogP contribution is -2.34. The Kier molecular flexibility index (Phi) is 5.62. The summed E-state index contributed by atoms with van der Waals surface area (Å²) in [6.45, 7) is 0.780. The van der Waals surface area contributed by atoms with Crippen molar-refractivity contribution in [2.45, 2.75) is 12.8 Å². The average Bonchev–Trinajstić information content (AvgIpc) is 2.39.